The summed E-state index contributed by atoms with van der Waals surface area (Å²) in [6.45, 7) is 7.00. The zero-order valence-corrected chi connectivity index (χ0v) is 19.2. The average Bonchev–Trinajstić information content (AvgIpc) is 2.63. The largest absolute Gasteiger partial charge is 0.335 e. The number of likely N-dealkylation sites (N-methyl/N-ethyl adjacent to an activating group) is 1. The zero-order valence-electron chi connectivity index (χ0n) is 17.6. The summed E-state index contributed by atoms with van der Waals surface area (Å²) in [7, 11) is -2.46. The van der Waals surface area contributed by atoms with E-state index in [1.165, 1.54) is 43.1 Å². The SMILES string of the molecule is Cc1cc(C)c(NC(=O)CN(C)C(=O)[C@H](C)NS(=O)(=O)c2ccc(Cl)cc2)c(C)c1. The Bertz CT molecular complexity index is 1030. The number of sulfonamides is 1. The number of amides is 2. The predicted octanol–water partition coefficient (Wildman–Crippen LogP) is 3.03. The Balaban J connectivity index is 2.01. The number of rotatable bonds is 7. The summed E-state index contributed by atoms with van der Waals surface area (Å²) in [4.78, 5) is 26.2. The molecular formula is C21H26ClN3O4S. The quantitative estimate of drug-likeness (QED) is 0.676. The van der Waals surface area contributed by atoms with E-state index in [9.17, 15) is 18.0 Å². The Morgan fingerprint density at radius 1 is 1.07 bits per heavy atom. The van der Waals surface area contributed by atoms with Crippen LogP contribution in [0.5, 0.6) is 0 Å². The number of hydrogen-bond acceptors (Lipinski definition) is 4. The van der Waals surface area contributed by atoms with Gasteiger partial charge in [-0.2, -0.15) is 4.72 Å². The van der Waals surface area contributed by atoms with Gasteiger partial charge in [-0.3, -0.25) is 9.59 Å². The predicted molar refractivity (Wildman–Crippen MR) is 118 cm³/mol. The Labute approximate surface area is 182 Å². The lowest BCUT2D eigenvalue weighted by Crippen LogP contribution is -2.47. The van der Waals surface area contributed by atoms with Crippen LogP contribution in [0.2, 0.25) is 5.02 Å². The number of anilines is 1. The molecule has 9 heteroatoms. The number of carbonyl (C=O) groups excluding carboxylic acids is 2. The number of nitrogens with zero attached hydrogens (tertiary/aromatic N) is 1. The highest BCUT2D eigenvalue weighted by Crippen LogP contribution is 2.22. The summed E-state index contributed by atoms with van der Waals surface area (Å²) in [6.07, 6.45) is 0. The van der Waals surface area contributed by atoms with Crippen LogP contribution in [0, 0.1) is 20.8 Å². The Morgan fingerprint density at radius 3 is 2.13 bits per heavy atom. The summed E-state index contributed by atoms with van der Waals surface area (Å²) >= 11 is 5.78. The van der Waals surface area contributed by atoms with Crippen molar-refractivity contribution in [3.63, 3.8) is 0 Å². The second-order valence-corrected chi connectivity index (χ2v) is 9.46. The van der Waals surface area contributed by atoms with Crippen LogP contribution in [0.1, 0.15) is 23.6 Å². The molecule has 2 amide bonds. The lowest BCUT2D eigenvalue weighted by atomic mass is 10.1. The van der Waals surface area contributed by atoms with Gasteiger partial charge in [0.2, 0.25) is 21.8 Å². The first kappa shape index (κ1) is 23.9. The Kier molecular flexibility index (Phi) is 7.63. The second-order valence-electron chi connectivity index (χ2n) is 7.31. The van der Waals surface area contributed by atoms with E-state index >= 15 is 0 Å². The molecule has 0 heterocycles. The van der Waals surface area contributed by atoms with Gasteiger partial charge in [0.1, 0.15) is 0 Å². The molecule has 2 rings (SSSR count). The number of aryl methyl sites for hydroxylation is 3. The van der Waals surface area contributed by atoms with Crippen molar-refractivity contribution >= 4 is 39.1 Å². The highest BCUT2D eigenvalue weighted by atomic mass is 35.5. The molecule has 2 aromatic carbocycles. The minimum absolute atomic E-state index is 0.00253. The third-order valence-corrected chi connectivity index (χ3v) is 6.33. The van der Waals surface area contributed by atoms with E-state index in [0.29, 0.717) is 10.7 Å². The normalized spacial score (nSPS) is 12.3. The van der Waals surface area contributed by atoms with Gasteiger partial charge in [0, 0.05) is 17.8 Å². The van der Waals surface area contributed by atoms with Crippen LogP contribution < -0.4 is 10.0 Å². The molecule has 0 bridgehead atoms. The maximum absolute atomic E-state index is 12.6. The molecule has 0 aromatic heterocycles. The number of carbonyl (C=O) groups is 2. The van der Waals surface area contributed by atoms with Gasteiger partial charge in [0.05, 0.1) is 17.5 Å². The van der Waals surface area contributed by atoms with Gasteiger partial charge in [0.25, 0.3) is 0 Å². The van der Waals surface area contributed by atoms with Gasteiger partial charge < -0.3 is 10.2 Å². The molecule has 0 fully saturated rings. The average molecular weight is 452 g/mol. The van der Waals surface area contributed by atoms with E-state index in [1.54, 1.807) is 0 Å². The number of hydrogen-bond donors (Lipinski definition) is 2. The van der Waals surface area contributed by atoms with E-state index in [1.807, 2.05) is 32.9 Å². The van der Waals surface area contributed by atoms with Gasteiger partial charge in [-0.25, -0.2) is 8.42 Å². The highest BCUT2D eigenvalue weighted by Gasteiger charge is 2.25. The first-order valence-electron chi connectivity index (χ1n) is 9.31. The number of benzene rings is 2. The number of nitrogens with one attached hydrogen (secondary N) is 2. The molecule has 2 N–H and O–H groups in total. The van der Waals surface area contributed by atoms with E-state index in [0.717, 1.165) is 16.7 Å². The summed E-state index contributed by atoms with van der Waals surface area (Å²) in [5, 5.41) is 3.23. The molecule has 0 aliphatic carbocycles. The highest BCUT2D eigenvalue weighted by molar-refractivity contribution is 7.89. The molecule has 0 radical (unpaired) electrons. The second kappa shape index (κ2) is 9.59. The maximum Gasteiger partial charge on any atom is 0.243 e. The number of halogens is 1. The molecule has 0 saturated heterocycles. The molecule has 0 aliphatic heterocycles. The van der Waals surface area contributed by atoms with Gasteiger partial charge in [0.15, 0.2) is 0 Å². The van der Waals surface area contributed by atoms with Crippen molar-refractivity contribution < 1.29 is 18.0 Å². The van der Waals surface area contributed by atoms with Crippen molar-refractivity contribution in [2.24, 2.45) is 0 Å². The topological polar surface area (TPSA) is 95.6 Å². The van der Waals surface area contributed by atoms with Crippen molar-refractivity contribution in [3.8, 4) is 0 Å². The Morgan fingerprint density at radius 2 is 1.60 bits per heavy atom. The molecule has 0 spiro atoms. The fourth-order valence-electron chi connectivity index (χ4n) is 3.14. The minimum Gasteiger partial charge on any atom is -0.335 e. The lowest BCUT2D eigenvalue weighted by Gasteiger charge is -2.22. The molecule has 2 aromatic rings. The fourth-order valence-corrected chi connectivity index (χ4v) is 4.47. The smallest absolute Gasteiger partial charge is 0.243 e. The molecule has 0 saturated carbocycles. The molecule has 0 unspecified atom stereocenters. The standard InChI is InChI=1S/C21H26ClN3O4S/c1-13-10-14(2)20(15(3)11-13)23-19(26)12-25(5)21(27)16(4)24-30(28,29)18-8-6-17(22)7-9-18/h6-11,16,24H,12H2,1-5H3,(H,23,26)/t16-/m0/s1. The minimum atomic E-state index is -3.90. The van der Waals surface area contributed by atoms with E-state index in [-0.39, 0.29) is 17.3 Å². The first-order chi connectivity index (χ1) is 13.9. The summed E-state index contributed by atoms with van der Waals surface area (Å²) in [5.41, 5.74) is 3.66. The molecule has 0 aliphatic rings. The van der Waals surface area contributed by atoms with Crippen molar-refractivity contribution in [2.45, 2.75) is 38.6 Å². The molecule has 1 atom stereocenters. The van der Waals surface area contributed by atoms with Crippen molar-refractivity contribution in [3.05, 3.63) is 58.1 Å². The summed E-state index contributed by atoms with van der Waals surface area (Å²) in [5.74, 6) is -0.895. The van der Waals surface area contributed by atoms with Crippen molar-refractivity contribution in [1.29, 1.82) is 0 Å². The van der Waals surface area contributed by atoms with Crippen molar-refractivity contribution in [1.82, 2.24) is 9.62 Å². The summed E-state index contributed by atoms with van der Waals surface area (Å²) in [6, 6.07) is 8.49. The Hall–Kier alpha value is -2.42. The zero-order chi connectivity index (χ0) is 22.6. The third-order valence-electron chi connectivity index (χ3n) is 4.52. The van der Waals surface area contributed by atoms with Crippen LogP contribution in [0.3, 0.4) is 0 Å². The third kappa shape index (κ3) is 6.04. The van der Waals surface area contributed by atoms with Gasteiger partial charge >= 0.3 is 0 Å². The van der Waals surface area contributed by atoms with Crippen LogP contribution in [0.4, 0.5) is 5.69 Å². The molecule has 7 nitrogen and oxygen atoms in total. The summed E-state index contributed by atoms with van der Waals surface area (Å²) < 4.78 is 27.2. The maximum atomic E-state index is 12.6. The van der Waals surface area contributed by atoms with E-state index in [4.69, 9.17) is 11.6 Å². The first-order valence-corrected chi connectivity index (χ1v) is 11.2. The molecular weight excluding hydrogens is 426 g/mol. The van der Waals surface area contributed by atoms with Crippen LogP contribution in [-0.4, -0.2) is 44.8 Å². The molecule has 30 heavy (non-hydrogen) atoms. The fraction of sp³-hybridized carbons (Fsp3) is 0.333. The van der Waals surface area contributed by atoms with E-state index in [2.05, 4.69) is 10.0 Å². The van der Waals surface area contributed by atoms with Gasteiger partial charge in [-0.1, -0.05) is 29.3 Å². The van der Waals surface area contributed by atoms with Gasteiger partial charge in [-0.15, -0.1) is 0 Å². The molecule has 162 valence electrons. The van der Waals surface area contributed by atoms with Gasteiger partial charge in [-0.05, 0) is 63.1 Å². The van der Waals surface area contributed by atoms with Crippen LogP contribution in [0.25, 0.3) is 0 Å². The van der Waals surface area contributed by atoms with Crippen LogP contribution in [0.15, 0.2) is 41.3 Å². The van der Waals surface area contributed by atoms with Crippen molar-refractivity contribution in [2.75, 3.05) is 18.9 Å². The van der Waals surface area contributed by atoms with Crippen LogP contribution >= 0.6 is 11.6 Å². The van der Waals surface area contributed by atoms with E-state index < -0.39 is 22.0 Å². The lowest BCUT2D eigenvalue weighted by molar-refractivity contribution is -0.134. The monoisotopic (exact) mass is 451 g/mol. The van der Waals surface area contributed by atoms with Crippen LogP contribution in [-0.2, 0) is 19.6 Å².